The average molecular weight is 567 g/mol. The topological polar surface area (TPSA) is 115 Å². The number of aromatic nitrogens is 2. The molecule has 1 heterocycles. The summed E-state index contributed by atoms with van der Waals surface area (Å²) in [4.78, 5) is 38.7. The number of hydrogen-bond acceptors (Lipinski definition) is 9. The summed E-state index contributed by atoms with van der Waals surface area (Å²) in [6.45, 7) is 6.58. The Hall–Kier alpha value is -4.35. The molecule has 212 valence electrons. The van der Waals surface area contributed by atoms with Crippen molar-refractivity contribution < 1.29 is 14.3 Å². The maximum atomic E-state index is 12.2. The first-order valence-electron chi connectivity index (χ1n) is 12.4. The Morgan fingerprint density at radius 3 is 2.40 bits per heavy atom. The molecule has 0 unspecified atom stereocenters. The van der Waals surface area contributed by atoms with Crippen LogP contribution >= 0.6 is 11.6 Å². The molecule has 11 nitrogen and oxygen atoms in total. The van der Waals surface area contributed by atoms with E-state index in [0.717, 1.165) is 18.8 Å². The number of halogens is 1. The zero-order valence-electron chi connectivity index (χ0n) is 23.6. The molecule has 2 aromatic carbocycles. The van der Waals surface area contributed by atoms with Gasteiger partial charge in [-0.15, -0.1) is 0 Å². The fourth-order valence-corrected chi connectivity index (χ4v) is 3.85. The minimum Gasteiger partial charge on any atom is -0.494 e. The van der Waals surface area contributed by atoms with Gasteiger partial charge in [-0.1, -0.05) is 30.3 Å². The average Bonchev–Trinajstić information content (AvgIpc) is 2.93. The number of rotatable bonds is 12. The molecule has 0 spiro atoms. The van der Waals surface area contributed by atoms with E-state index >= 15 is 0 Å². The molecule has 0 saturated carbocycles. The summed E-state index contributed by atoms with van der Waals surface area (Å²) < 4.78 is 5.67. The highest BCUT2D eigenvalue weighted by atomic mass is 35.5. The molecule has 3 aromatic rings. The second kappa shape index (κ2) is 13.6. The van der Waals surface area contributed by atoms with E-state index in [1.54, 1.807) is 20.2 Å². The highest BCUT2D eigenvalue weighted by Gasteiger charge is 2.18. The fourth-order valence-electron chi connectivity index (χ4n) is 3.71. The van der Waals surface area contributed by atoms with E-state index in [1.807, 2.05) is 56.4 Å². The number of benzene rings is 2. The van der Waals surface area contributed by atoms with Crippen molar-refractivity contribution in [3.63, 3.8) is 0 Å². The van der Waals surface area contributed by atoms with E-state index in [9.17, 15) is 9.59 Å². The monoisotopic (exact) mass is 566 g/mol. The lowest BCUT2D eigenvalue weighted by molar-refractivity contribution is -0.116. The van der Waals surface area contributed by atoms with Crippen LogP contribution in [0.5, 0.6) is 5.75 Å². The van der Waals surface area contributed by atoms with Gasteiger partial charge in [-0.25, -0.2) is 4.98 Å². The molecule has 0 bridgehead atoms. The van der Waals surface area contributed by atoms with Gasteiger partial charge >= 0.3 is 0 Å². The number of methoxy groups -OCH3 is 1. The van der Waals surface area contributed by atoms with Gasteiger partial charge < -0.3 is 35.4 Å². The standard InChI is InChI=1S/C28H35ClN8O3/c1-8-26(39)31-21-15-22(25(40-7)16-24(21)36(5)14-13-35(3)4)33-28-30-17-19(29)27(34-28)32-20-11-9-10-12-23(20)37(6)18(2)38/h8-12,15-17H,1,13-14H2,2-7H3,(H,31,39)(H2,30,32,33,34). The summed E-state index contributed by atoms with van der Waals surface area (Å²) in [5.74, 6) is 0.624. The third-order valence-corrected chi connectivity index (χ3v) is 6.31. The highest BCUT2D eigenvalue weighted by molar-refractivity contribution is 6.33. The quantitative estimate of drug-likeness (QED) is 0.268. The van der Waals surface area contributed by atoms with E-state index in [4.69, 9.17) is 16.3 Å². The third-order valence-electron chi connectivity index (χ3n) is 6.04. The van der Waals surface area contributed by atoms with Crippen molar-refractivity contribution >= 4 is 63.6 Å². The van der Waals surface area contributed by atoms with Crippen LogP contribution in [0, 0.1) is 0 Å². The predicted molar refractivity (Wildman–Crippen MR) is 163 cm³/mol. The van der Waals surface area contributed by atoms with Crippen LogP contribution in [-0.2, 0) is 9.59 Å². The summed E-state index contributed by atoms with van der Waals surface area (Å²) in [5.41, 5.74) is 3.16. The number of carbonyl (C=O) groups excluding carboxylic acids is 2. The summed E-state index contributed by atoms with van der Waals surface area (Å²) in [5, 5.41) is 9.52. The second-order valence-corrected chi connectivity index (χ2v) is 9.63. The molecule has 2 amide bonds. The lowest BCUT2D eigenvalue weighted by atomic mass is 10.2. The van der Waals surface area contributed by atoms with E-state index in [-0.39, 0.29) is 22.8 Å². The van der Waals surface area contributed by atoms with Crippen molar-refractivity contribution in [3.8, 4) is 5.75 Å². The first-order chi connectivity index (χ1) is 19.0. The van der Waals surface area contributed by atoms with E-state index in [0.29, 0.717) is 34.3 Å². The molecule has 0 aliphatic rings. The molecule has 3 rings (SSSR count). The van der Waals surface area contributed by atoms with Crippen LogP contribution in [0.25, 0.3) is 0 Å². The van der Waals surface area contributed by atoms with Gasteiger partial charge in [-0.3, -0.25) is 9.59 Å². The summed E-state index contributed by atoms with van der Waals surface area (Å²) in [7, 11) is 9.18. The molecule has 3 N–H and O–H groups in total. The molecule has 1 aromatic heterocycles. The van der Waals surface area contributed by atoms with Gasteiger partial charge in [0, 0.05) is 40.2 Å². The summed E-state index contributed by atoms with van der Waals surface area (Å²) >= 11 is 6.42. The first kappa shape index (κ1) is 30.2. The lowest BCUT2D eigenvalue weighted by Gasteiger charge is -2.26. The maximum Gasteiger partial charge on any atom is 0.247 e. The number of likely N-dealkylation sites (N-methyl/N-ethyl adjacent to an activating group) is 2. The number of amides is 2. The number of ether oxygens (including phenoxy) is 1. The van der Waals surface area contributed by atoms with Gasteiger partial charge in [0.25, 0.3) is 0 Å². The Labute approximate surface area is 239 Å². The zero-order chi connectivity index (χ0) is 29.4. The minimum atomic E-state index is -0.346. The molecule has 40 heavy (non-hydrogen) atoms. The number of para-hydroxylation sites is 2. The number of carbonyl (C=O) groups is 2. The van der Waals surface area contributed by atoms with E-state index < -0.39 is 0 Å². The molecule has 0 aliphatic carbocycles. The number of hydrogen-bond donors (Lipinski definition) is 3. The van der Waals surface area contributed by atoms with E-state index in [2.05, 4.69) is 37.4 Å². The van der Waals surface area contributed by atoms with Crippen LogP contribution in [-0.4, -0.2) is 75.1 Å². The van der Waals surface area contributed by atoms with Crippen LogP contribution in [0.4, 0.5) is 40.2 Å². The van der Waals surface area contributed by atoms with Crippen LogP contribution in [0.1, 0.15) is 6.92 Å². The van der Waals surface area contributed by atoms with E-state index in [1.165, 1.54) is 24.1 Å². The third kappa shape index (κ3) is 7.61. The molecular formula is C28H35ClN8O3. The largest absolute Gasteiger partial charge is 0.494 e. The van der Waals surface area contributed by atoms with Crippen LogP contribution in [0.3, 0.4) is 0 Å². The van der Waals surface area contributed by atoms with Gasteiger partial charge in [-0.05, 0) is 38.4 Å². The predicted octanol–water partition coefficient (Wildman–Crippen LogP) is 4.73. The van der Waals surface area contributed by atoms with Gasteiger partial charge in [-0.2, -0.15) is 4.98 Å². The number of anilines is 7. The fraction of sp³-hybridized carbons (Fsp3) is 0.286. The lowest BCUT2D eigenvalue weighted by Crippen LogP contribution is -2.29. The smallest absolute Gasteiger partial charge is 0.247 e. The van der Waals surface area contributed by atoms with Crippen molar-refractivity contribution in [3.05, 3.63) is 60.3 Å². The Bertz CT molecular complexity index is 1380. The van der Waals surface area contributed by atoms with Gasteiger partial charge in [0.2, 0.25) is 17.8 Å². The van der Waals surface area contributed by atoms with Gasteiger partial charge in [0.15, 0.2) is 5.82 Å². The molecule has 0 aliphatic heterocycles. The maximum absolute atomic E-state index is 12.2. The second-order valence-electron chi connectivity index (χ2n) is 9.22. The van der Waals surface area contributed by atoms with Crippen molar-refractivity contribution in [1.29, 1.82) is 0 Å². The molecule has 0 fully saturated rings. The van der Waals surface area contributed by atoms with Crippen LogP contribution in [0.2, 0.25) is 5.02 Å². The minimum absolute atomic E-state index is 0.118. The SMILES string of the molecule is C=CC(=O)Nc1cc(Nc2ncc(Cl)c(Nc3ccccc3N(C)C(C)=O)n2)c(OC)cc1N(C)CCN(C)C. The normalized spacial score (nSPS) is 10.6. The zero-order valence-corrected chi connectivity index (χ0v) is 24.3. The Morgan fingerprint density at radius 1 is 1.02 bits per heavy atom. The van der Waals surface area contributed by atoms with Gasteiger partial charge in [0.1, 0.15) is 10.8 Å². The Balaban J connectivity index is 1.97. The summed E-state index contributed by atoms with van der Waals surface area (Å²) in [6.07, 6.45) is 2.68. The molecular weight excluding hydrogens is 532 g/mol. The first-order valence-corrected chi connectivity index (χ1v) is 12.8. The van der Waals surface area contributed by atoms with Crippen molar-refractivity contribution in [1.82, 2.24) is 14.9 Å². The molecule has 0 radical (unpaired) electrons. The summed E-state index contributed by atoms with van der Waals surface area (Å²) in [6, 6.07) is 10.9. The molecule has 12 heteroatoms. The highest BCUT2D eigenvalue weighted by Crippen LogP contribution is 2.38. The van der Waals surface area contributed by atoms with Crippen LogP contribution in [0.15, 0.2) is 55.3 Å². The molecule has 0 atom stereocenters. The van der Waals surface area contributed by atoms with Crippen molar-refractivity contribution in [2.45, 2.75) is 6.92 Å². The van der Waals surface area contributed by atoms with Crippen LogP contribution < -0.4 is 30.5 Å². The molecule has 0 saturated heterocycles. The Morgan fingerprint density at radius 2 is 1.75 bits per heavy atom. The Kier molecular flexibility index (Phi) is 10.3. The van der Waals surface area contributed by atoms with Gasteiger partial charge in [0.05, 0.1) is 41.7 Å². The number of nitrogens with zero attached hydrogens (tertiary/aromatic N) is 5. The van der Waals surface area contributed by atoms with Crippen molar-refractivity contribution in [2.75, 3.05) is 74.1 Å². The number of nitrogens with one attached hydrogen (secondary N) is 3. The van der Waals surface area contributed by atoms with Crippen molar-refractivity contribution in [2.24, 2.45) is 0 Å².